The number of nitrogens with one attached hydrogen (secondary N) is 1. The predicted molar refractivity (Wildman–Crippen MR) is 131 cm³/mol. The van der Waals surface area contributed by atoms with Crippen molar-refractivity contribution in [3.63, 3.8) is 0 Å². The number of aromatic amines is 1. The Balaban J connectivity index is 1.21. The molecule has 3 amide bonds. The van der Waals surface area contributed by atoms with Crippen molar-refractivity contribution in [3.8, 4) is 0 Å². The fourth-order valence-electron chi connectivity index (χ4n) is 5.61. The van der Waals surface area contributed by atoms with Gasteiger partial charge in [-0.15, -0.1) is 0 Å². The van der Waals surface area contributed by atoms with Crippen molar-refractivity contribution < 1.29 is 23.2 Å². The second-order valence-corrected chi connectivity index (χ2v) is 10.0. The highest BCUT2D eigenvalue weighted by atomic mass is 19.3. The average Bonchev–Trinajstić information content (AvgIpc) is 3.46. The molecule has 0 bridgehead atoms. The van der Waals surface area contributed by atoms with Gasteiger partial charge in [0.2, 0.25) is 5.91 Å². The Morgan fingerprint density at radius 1 is 1.00 bits per heavy atom. The molecule has 3 saturated heterocycles. The van der Waals surface area contributed by atoms with Crippen molar-refractivity contribution in [2.24, 2.45) is 0 Å². The first-order valence-electron chi connectivity index (χ1n) is 12.3. The molecule has 1 spiro atoms. The summed E-state index contributed by atoms with van der Waals surface area (Å²) in [6.45, 7) is -0.529. The lowest BCUT2D eigenvalue weighted by Crippen LogP contribution is -2.60. The number of carbonyl (C=O) groups is 3. The Labute approximate surface area is 211 Å². The van der Waals surface area contributed by atoms with Gasteiger partial charge in [0.25, 0.3) is 17.7 Å². The number of hydrogen-bond donors (Lipinski definition) is 1. The maximum absolute atomic E-state index is 13.8. The van der Waals surface area contributed by atoms with Crippen LogP contribution in [0.5, 0.6) is 0 Å². The van der Waals surface area contributed by atoms with E-state index < -0.39 is 30.5 Å². The van der Waals surface area contributed by atoms with Crippen LogP contribution in [0.15, 0.2) is 54.7 Å². The first-order chi connectivity index (χ1) is 17.8. The van der Waals surface area contributed by atoms with Gasteiger partial charge in [0, 0.05) is 29.7 Å². The number of likely N-dealkylation sites (tertiary alicyclic amines) is 2. The normalized spacial score (nSPS) is 20.5. The lowest BCUT2D eigenvalue weighted by atomic mass is 9.85. The molecular formula is C26H26F2N6O3. The van der Waals surface area contributed by atoms with Crippen LogP contribution in [0, 0.1) is 0 Å². The van der Waals surface area contributed by atoms with Crippen LogP contribution in [0.2, 0.25) is 0 Å². The number of carbonyl (C=O) groups excluding carboxylic acids is 3. The third kappa shape index (κ3) is 3.98. The minimum atomic E-state index is -2.86. The van der Waals surface area contributed by atoms with Gasteiger partial charge in [-0.1, -0.05) is 18.2 Å². The van der Waals surface area contributed by atoms with Crippen molar-refractivity contribution >= 4 is 34.3 Å². The second kappa shape index (κ2) is 8.53. The van der Waals surface area contributed by atoms with Gasteiger partial charge in [0.1, 0.15) is 12.1 Å². The molecule has 0 radical (unpaired) electrons. The summed E-state index contributed by atoms with van der Waals surface area (Å²) in [7, 11) is 0. The molecule has 6 rings (SSSR count). The van der Waals surface area contributed by atoms with Gasteiger partial charge >= 0.3 is 0 Å². The largest absolute Gasteiger partial charge is 0.339 e. The van der Waals surface area contributed by atoms with E-state index in [1.807, 2.05) is 41.3 Å². The number of anilines is 1. The zero-order chi connectivity index (χ0) is 25.8. The maximum Gasteiger partial charge on any atom is 0.282 e. The molecule has 1 N–H and O–H groups in total. The lowest BCUT2D eigenvalue weighted by Gasteiger charge is -2.43. The molecule has 9 nitrogen and oxygen atoms in total. The van der Waals surface area contributed by atoms with Crippen LogP contribution in [0.3, 0.4) is 0 Å². The Hall–Kier alpha value is -4.02. The number of hydrogen-bond acceptors (Lipinski definition) is 5. The topological polar surface area (TPSA) is 92.9 Å². The molecule has 3 fully saturated rings. The number of alkyl halides is 2. The Morgan fingerprint density at radius 3 is 2.43 bits per heavy atom. The molecule has 3 aliphatic heterocycles. The minimum Gasteiger partial charge on any atom is -0.339 e. The number of nitrogens with zero attached hydrogens (tertiary/aromatic N) is 5. The molecule has 192 valence electrons. The number of amides is 3. The van der Waals surface area contributed by atoms with Gasteiger partial charge in [0.05, 0.1) is 31.5 Å². The van der Waals surface area contributed by atoms with E-state index in [-0.39, 0.29) is 25.0 Å². The summed E-state index contributed by atoms with van der Waals surface area (Å²) < 4.78 is 26.5. The Bertz CT molecular complexity index is 1360. The molecule has 4 heterocycles. The highest BCUT2D eigenvalue weighted by molar-refractivity contribution is 5.99. The fraction of sp³-hybridized carbons (Fsp3) is 0.385. The van der Waals surface area contributed by atoms with E-state index in [0.717, 1.165) is 21.5 Å². The van der Waals surface area contributed by atoms with Crippen molar-refractivity contribution in [2.45, 2.75) is 24.3 Å². The number of fused-ring (bicyclic) bond motifs is 1. The number of aromatic nitrogens is 2. The fourth-order valence-corrected chi connectivity index (χ4v) is 5.61. The van der Waals surface area contributed by atoms with Crippen LogP contribution >= 0.6 is 0 Å². The first kappa shape index (κ1) is 23.4. The molecule has 11 heteroatoms. The summed E-state index contributed by atoms with van der Waals surface area (Å²) in [5.41, 5.74) is 1.33. The molecule has 0 atom stereocenters. The number of para-hydroxylation sites is 1. The van der Waals surface area contributed by atoms with E-state index >= 15 is 0 Å². The van der Waals surface area contributed by atoms with E-state index in [9.17, 15) is 23.2 Å². The smallest absolute Gasteiger partial charge is 0.282 e. The SMILES string of the molecule is O=C(CN1CN(c2ccccc2)C2(CCN(C(=O)c3ccc4[nH]ncc4c3)CC2)C1=O)N1CC(F)(F)C1. The molecule has 3 aliphatic rings. The molecule has 0 unspecified atom stereocenters. The van der Waals surface area contributed by atoms with Gasteiger partial charge in [-0.25, -0.2) is 8.78 Å². The van der Waals surface area contributed by atoms with Gasteiger partial charge in [-0.2, -0.15) is 5.10 Å². The third-order valence-corrected chi connectivity index (χ3v) is 7.67. The van der Waals surface area contributed by atoms with Crippen LogP contribution in [0.25, 0.3) is 10.9 Å². The highest BCUT2D eigenvalue weighted by Gasteiger charge is 2.55. The predicted octanol–water partition coefficient (Wildman–Crippen LogP) is 2.32. The van der Waals surface area contributed by atoms with E-state index in [4.69, 9.17) is 0 Å². The maximum atomic E-state index is 13.8. The molecule has 0 saturated carbocycles. The van der Waals surface area contributed by atoms with Crippen LogP contribution < -0.4 is 4.90 Å². The third-order valence-electron chi connectivity index (χ3n) is 7.67. The standard InChI is InChI=1S/C26H26F2N6O3/c27-26(28)15-33(16-26)22(35)14-32-17-34(20-4-2-1-3-5-20)25(24(32)37)8-10-31(11-9-25)23(36)18-6-7-21-19(12-18)13-29-30-21/h1-7,12-13H,8-11,14-17H2,(H,29,30). The van der Waals surface area contributed by atoms with E-state index in [0.29, 0.717) is 31.5 Å². The van der Waals surface area contributed by atoms with Crippen molar-refractivity contribution in [2.75, 3.05) is 44.3 Å². The number of halogens is 2. The number of benzene rings is 2. The molecule has 3 aromatic rings. The summed E-state index contributed by atoms with van der Waals surface area (Å²) in [6, 6.07) is 14.9. The molecule has 2 aromatic carbocycles. The second-order valence-electron chi connectivity index (χ2n) is 10.0. The zero-order valence-electron chi connectivity index (χ0n) is 20.1. The Morgan fingerprint density at radius 2 is 1.73 bits per heavy atom. The Kier molecular flexibility index (Phi) is 5.39. The van der Waals surface area contributed by atoms with Crippen molar-refractivity contribution in [1.29, 1.82) is 0 Å². The minimum absolute atomic E-state index is 0.111. The molecule has 37 heavy (non-hydrogen) atoms. The molecule has 1 aromatic heterocycles. The van der Waals surface area contributed by atoms with Crippen LogP contribution in [-0.4, -0.2) is 93.5 Å². The zero-order valence-corrected chi connectivity index (χ0v) is 20.1. The monoisotopic (exact) mass is 508 g/mol. The number of piperidine rings is 1. The van der Waals surface area contributed by atoms with E-state index in [1.54, 1.807) is 23.2 Å². The van der Waals surface area contributed by atoms with Gasteiger partial charge < -0.3 is 19.6 Å². The summed E-state index contributed by atoms with van der Waals surface area (Å²) >= 11 is 0. The number of rotatable bonds is 4. The summed E-state index contributed by atoms with van der Waals surface area (Å²) in [5, 5.41) is 7.72. The molecule has 0 aliphatic carbocycles. The summed E-state index contributed by atoms with van der Waals surface area (Å²) in [6.07, 6.45) is 2.46. The first-order valence-corrected chi connectivity index (χ1v) is 12.3. The lowest BCUT2D eigenvalue weighted by molar-refractivity contribution is -0.167. The number of H-pyrrole nitrogens is 1. The average molecular weight is 509 g/mol. The van der Waals surface area contributed by atoms with Gasteiger partial charge in [-0.3, -0.25) is 19.5 Å². The van der Waals surface area contributed by atoms with E-state index in [1.165, 1.54) is 4.90 Å². The van der Waals surface area contributed by atoms with Crippen LogP contribution in [-0.2, 0) is 9.59 Å². The highest BCUT2D eigenvalue weighted by Crippen LogP contribution is 2.40. The quantitative estimate of drug-likeness (QED) is 0.584. The van der Waals surface area contributed by atoms with Gasteiger partial charge in [0.15, 0.2) is 0 Å². The summed E-state index contributed by atoms with van der Waals surface area (Å²) in [4.78, 5) is 45.9. The van der Waals surface area contributed by atoms with Gasteiger partial charge in [-0.05, 0) is 43.2 Å². The van der Waals surface area contributed by atoms with Crippen LogP contribution in [0.4, 0.5) is 14.5 Å². The van der Waals surface area contributed by atoms with Crippen LogP contribution in [0.1, 0.15) is 23.2 Å². The van der Waals surface area contributed by atoms with E-state index in [2.05, 4.69) is 10.2 Å². The summed E-state index contributed by atoms with van der Waals surface area (Å²) in [5.74, 6) is -3.65. The molecular weight excluding hydrogens is 482 g/mol. The van der Waals surface area contributed by atoms with Crippen molar-refractivity contribution in [3.05, 3.63) is 60.3 Å². The van der Waals surface area contributed by atoms with Crippen molar-refractivity contribution in [1.82, 2.24) is 24.9 Å².